The first-order valence-electron chi connectivity index (χ1n) is 11.7. The van der Waals surface area contributed by atoms with E-state index in [9.17, 15) is 4.79 Å². The Morgan fingerprint density at radius 3 is 2.56 bits per heavy atom. The summed E-state index contributed by atoms with van der Waals surface area (Å²) in [7, 11) is 0. The Bertz CT molecular complexity index is 1260. The zero-order valence-electron chi connectivity index (χ0n) is 19.7. The van der Waals surface area contributed by atoms with Crippen LogP contribution < -0.4 is 10.1 Å². The van der Waals surface area contributed by atoms with E-state index in [-0.39, 0.29) is 5.91 Å². The number of benzene rings is 3. The van der Waals surface area contributed by atoms with Crippen LogP contribution in [0.25, 0.3) is 11.0 Å². The smallest absolute Gasteiger partial charge is 0.251 e. The summed E-state index contributed by atoms with van der Waals surface area (Å²) in [5.74, 6) is 1.84. The Hall–Kier alpha value is -3.31. The van der Waals surface area contributed by atoms with Gasteiger partial charge in [0.05, 0.1) is 17.6 Å². The molecular formula is C28H30ClN3O2. The van der Waals surface area contributed by atoms with Crippen LogP contribution in [0.5, 0.6) is 5.75 Å². The zero-order chi connectivity index (χ0) is 23.9. The number of carbonyl (C=O) groups is 1. The Kier molecular flexibility index (Phi) is 7.86. The summed E-state index contributed by atoms with van der Waals surface area (Å²) in [6, 6.07) is 21.4. The van der Waals surface area contributed by atoms with E-state index in [0.717, 1.165) is 42.0 Å². The first-order valence-corrected chi connectivity index (χ1v) is 12.1. The van der Waals surface area contributed by atoms with Crippen LogP contribution in [0.4, 0.5) is 0 Å². The van der Waals surface area contributed by atoms with Gasteiger partial charge in [0.1, 0.15) is 11.6 Å². The Labute approximate surface area is 205 Å². The van der Waals surface area contributed by atoms with Crippen molar-refractivity contribution in [2.45, 2.75) is 39.7 Å². The van der Waals surface area contributed by atoms with Gasteiger partial charge >= 0.3 is 0 Å². The van der Waals surface area contributed by atoms with Crippen molar-refractivity contribution in [1.82, 2.24) is 14.9 Å². The molecule has 5 nitrogen and oxygen atoms in total. The normalized spacial score (nSPS) is 11.0. The molecule has 1 aromatic heterocycles. The fraction of sp³-hybridized carbons (Fsp3) is 0.286. The highest BCUT2D eigenvalue weighted by atomic mass is 35.5. The quantitative estimate of drug-likeness (QED) is 0.280. The second kappa shape index (κ2) is 11.2. The van der Waals surface area contributed by atoms with E-state index < -0.39 is 0 Å². The molecule has 0 aliphatic rings. The van der Waals surface area contributed by atoms with Crippen molar-refractivity contribution in [3.05, 3.63) is 94.3 Å². The molecule has 34 heavy (non-hydrogen) atoms. The molecule has 0 bridgehead atoms. The number of amides is 1. The van der Waals surface area contributed by atoms with Gasteiger partial charge in [-0.2, -0.15) is 0 Å². The number of ether oxygens (including phenoxy) is 1. The molecular weight excluding hydrogens is 446 g/mol. The maximum absolute atomic E-state index is 12.4. The molecule has 1 N–H and O–H groups in total. The molecule has 4 aromatic rings. The number of nitrogens with one attached hydrogen (secondary N) is 1. The molecule has 0 aliphatic heterocycles. The van der Waals surface area contributed by atoms with Crippen LogP contribution in [0.3, 0.4) is 0 Å². The number of nitrogens with zero attached hydrogens (tertiary/aromatic N) is 2. The molecule has 0 fully saturated rings. The molecule has 4 rings (SSSR count). The molecule has 176 valence electrons. The number of hydrogen-bond donors (Lipinski definition) is 1. The van der Waals surface area contributed by atoms with Gasteiger partial charge in [0.15, 0.2) is 0 Å². The first-order chi connectivity index (χ1) is 16.5. The van der Waals surface area contributed by atoms with Crippen LogP contribution in [-0.2, 0) is 13.0 Å². The van der Waals surface area contributed by atoms with Gasteiger partial charge in [0.25, 0.3) is 5.91 Å². The average molecular weight is 476 g/mol. The third-order valence-corrected chi connectivity index (χ3v) is 6.12. The van der Waals surface area contributed by atoms with Crippen LogP contribution in [0.2, 0.25) is 5.02 Å². The fourth-order valence-electron chi connectivity index (χ4n) is 4.16. The number of aryl methyl sites for hydroxylation is 3. The molecule has 0 saturated carbocycles. The number of aromatic nitrogens is 2. The summed E-state index contributed by atoms with van der Waals surface area (Å²) < 4.78 is 8.33. The molecule has 1 heterocycles. The highest BCUT2D eigenvalue weighted by Gasteiger charge is 2.12. The minimum Gasteiger partial charge on any atom is -0.493 e. The molecule has 0 radical (unpaired) electrons. The largest absolute Gasteiger partial charge is 0.493 e. The average Bonchev–Trinajstić information content (AvgIpc) is 3.18. The van der Waals surface area contributed by atoms with Crippen molar-refractivity contribution in [2.24, 2.45) is 0 Å². The van der Waals surface area contributed by atoms with Gasteiger partial charge < -0.3 is 14.6 Å². The Balaban J connectivity index is 1.35. The predicted octanol–water partition coefficient (Wildman–Crippen LogP) is 6.14. The van der Waals surface area contributed by atoms with E-state index in [4.69, 9.17) is 21.3 Å². The van der Waals surface area contributed by atoms with Gasteiger partial charge in [-0.1, -0.05) is 48.0 Å². The van der Waals surface area contributed by atoms with Crippen molar-refractivity contribution in [2.75, 3.05) is 13.2 Å². The van der Waals surface area contributed by atoms with E-state index in [0.29, 0.717) is 30.2 Å². The van der Waals surface area contributed by atoms with Crippen molar-refractivity contribution < 1.29 is 9.53 Å². The lowest BCUT2D eigenvalue weighted by molar-refractivity contribution is 0.0954. The molecule has 0 unspecified atom stereocenters. The van der Waals surface area contributed by atoms with Crippen molar-refractivity contribution in [3.8, 4) is 5.75 Å². The van der Waals surface area contributed by atoms with E-state index in [1.54, 1.807) is 24.3 Å². The Morgan fingerprint density at radius 1 is 1.00 bits per heavy atom. The number of imidazole rings is 1. The van der Waals surface area contributed by atoms with Gasteiger partial charge in [-0.25, -0.2) is 4.98 Å². The van der Waals surface area contributed by atoms with E-state index in [2.05, 4.69) is 48.0 Å². The number of hydrogen-bond acceptors (Lipinski definition) is 3. The van der Waals surface area contributed by atoms with Gasteiger partial charge in [-0.3, -0.25) is 4.79 Å². The standard InChI is InChI=1S/C28H30ClN3O2/c1-20-9-7-10-21(2)27(20)34-18-6-5-17-32-25-14-4-3-13-24(25)31-26(32)15-16-30-28(33)22-11-8-12-23(29)19-22/h3-4,7-14,19H,5-6,15-18H2,1-2H3,(H,30,33). The van der Waals surface area contributed by atoms with Crippen LogP contribution in [0.15, 0.2) is 66.7 Å². The minimum absolute atomic E-state index is 0.131. The number of carbonyl (C=O) groups excluding carboxylic acids is 1. The monoisotopic (exact) mass is 475 g/mol. The fourth-order valence-corrected chi connectivity index (χ4v) is 4.35. The predicted molar refractivity (Wildman–Crippen MR) is 138 cm³/mol. The summed E-state index contributed by atoms with van der Waals surface area (Å²) >= 11 is 6.00. The molecule has 0 saturated heterocycles. The third kappa shape index (κ3) is 5.78. The van der Waals surface area contributed by atoms with Gasteiger partial charge in [-0.05, 0) is 68.1 Å². The number of fused-ring (bicyclic) bond motifs is 1. The van der Waals surface area contributed by atoms with Crippen molar-refractivity contribution in [1.29, 1.82) is 0 Å². The lowest BCUT2D eigenvalue weighted by Gasteiger charge is -2.13. The molecule has 0 atom stereocenters. The maximum Gasteiger partial charge on any atom is 0.251 e. The summed E-state index contributed by atoms with van der Waals surface area (Å²) in [5, 5.41) is 3.53. The number of unbranched alkanes of at least 4 members (excludes halogenated alkanes) is 1. The maximum atomic E-state index is 12.4. The minimum atomic E-state index is -0.131. The van der Waals surface area contributed by atoms with Crippen molar-refractivity contribution >= 4 is 28.5 Å². The van der Waals surface area contributed by atoms with Crippen LogP contribution in [-0.4, -0.2) is 28.6 Å². The van der Waals surface area contributed by atoms with Crippen LogP contribution >= 0.6 is 11.6 Å². The topological polar surface area (TPSA) is 56.1 Å². The van der Waals surface area contributed by atoms with Crippen molar-refractivity contribution in [3.63, 3.8) is 0 Å². The Morgan fingerprint density at radius 2 is 1.76 bits per heavy atom. The SMILES string of the molecule is Cc1cccc(C)c1OCCCCn1c(CCNC(=O)c2cccc(Cl)c2)nc2ccccc21. The second-order valence-corrected chi connectivity index (χ2v) is 8.90. The lowest BCUT2D eigenvalue weighted by atomic mass is 10.1. The van der Waals surface area contributed by atoms with E-state index >= 15 is 0 Å². The second-order valence-electron chi connectivity index (χ2n) is 8.46. The molecule has 1 amide bonds. The van der Waals surface area contributed by atoms with Crippen LogP contribution in [0, 0.1) is 13.8 Å². The summed E-state index contributed by atoms with van der Waals surface area (Å²) in [5.41, 5.74) is 5.00. The number of rotatable bonds is 10. The third-order valence-electron chi connectivity index (χ3n) is 5.89. The molecule has 6 heteroatoms. The summed E-state index contributed by atoms with van der Waals surface area (Å²) in [6.07, 6.45) is 2.58. The summed E-state index contributed by atoms with van der Waals surface area (Å²) in [4.78, 5) is 17.3. The van der Waals surface area contributed by atoms with Crippen LogP contribution in [0.1, 0.15) is 40.2 Å². The van der Waals surface area contributed by atoms with Gasteiger partial charge in [-0.15, -0.1) is 0 Å². The molecule has 0 aliphatic carbocycles. The number of para-hydroxylation sites is 3. The molecule has 0 spiro atoms. The highest BCUT2D eigenvalue weighted by molar-refractivity contribution is 6.30. The first kappa shape index (κ1) is 23.8. The summed E-state index contributed by atoms with van der Waals surface area (Å²) in [6.45, 7) is 6.21. The lowest BCUT2D eigenvalue weighted by Crippen LogP contribution is -2.26. The zero-order valence-corrected chi connectivity index (χ0v) is 20.4. The van der Waals surface area contributed by atoms with Gasteiger partial charge in [0, 0.05) is 30.1 Å². The number of halogens is 1. The highest BCUT2D eigenvalue weighted by Crippen LogP contribution is 2.23. The van der Waals surface area contributed by atoms with Gasteiger partial charge in [0.2, 0.25) is 0 Å². The van der Waals surface area contributed by atoms with E-state index in [1.165, 1.54) is 11.1 Å². The molecule has 3 aromatic carbocycles. The van der Waals surface area contributed by atoms with E-state index in [1.807, 2.05) is 18.2 Å².